The zero-order valence-corrected chi connectivity index (χ0v) is 14.9. The van der Waals surface area contributed by atoms with E-state index in [1.165, 1.54) is 51.4 Å². The standard InChI is InChI=1S/C18H34O4/c1-5-6-7-8-9-10-11-12-13-14-18(21-4)16(19-2)15-17(20-3)22-18/h15,17H,5-14H2,1-4H3. The van der Waals surface area contributed by atoms with Crippen LogP contribution in [0.3, 0.4) is 0 Å². The summed E-state index contributed by atoms with van der Waals surface area (Å²) in [5, 5.41) is 0. The molecule has 1 rings (SSSR count). The zero-order valence-electron chi connectivity index (χ0n) is 14.9. The van der Waals surface area contributed by atoms with E-state index in [4.69, 9.17) is 18.9 Å². The third-order valence-corrected chi connectivity index (χ3v) is 4.36. The maximum absolute atomic E-state index is 5.86. The molecule has 0 amide bonds. The summed E-state index contributed by atoms with van der Waals surface area (Å²) in [7, 11) is 4.94. The Bertz CT molecular complexity index is 316. The van der Waals surface area contributed by atoms with Gasteiger partial charge in [0.15, 0.2) is 12.0 Å². The Morgan fingerprint density at radius 1 is 0.955 bits per heavy atom. The van der Waals surface area contributed by atoms with E-state index in [2.05, 4.69) is 6.92 Å². The molecule has 4 nitrogen and oxygen atoms in total. The van der Waals surface area contributed by atoms with Crippen LogP contribution in [0, 0.1) is 0 Å². The lowest BCUT2D eigenvalue weighted by Crippen LogP contribution is -2.36. The molecular formula is C18H34O4. The van der Waals surface area contributed by atoms with Crippen molar-refractivity contribution in [2.45, 2.75) is 83.2 Å². The average molecular weight is 314 g/mol. The second-order valence-electron chi connectivity index (χ2n) is 5.99. The van der Waals surface area contributed by atoms with Crippen LogP contribution in [-0.2, 0) is 18.9 Å². The fourth-order valence-corrected chi connectivity index (χ4v) is 2.97. The lowest BCUT2D eigenvalue weighted by atomic mass is 10.0. The normalized spacial score (nSPS) is 24.5. The Morgan fingerprint density at radius 3 is 2.05 bits per heavy atom. The molecule has 0 aromatic rings. The Morgan fingerprint density at radius 2 is 1.55 bits per heavy atom. The number of rotatable bonds is 13. The third-order valence-electron chi connectivity index (χ3n) is 4.36. The van der Waals surface area contributed by atoms with Gasteiger partial charge in [-0.25, -0.2) is 0 Å². The second kappa shape index (κ2) is 11.0. The molecule has 22 heavy (non-hydrogen) atoms. The van der Waals surface area contributed by atoms with Crippen LogP contribution in [0.4, 0.5) is 0 Å². The zero-order chi connectivity index (χ0) is 16.3. The number of ether oxygens (including phenoxy) is 4. The first-order valence-corrected chi connectivity index (χ1v) is 8.74. The quantitative estimate of drug-likeness (QED) is 0.458. The molecule has 0 fully saturated rings. The summed E-state index contributed by atoms with van der Waals surface area (Å²) in [5.41, 5.74) is 0. The van der Waals surface area contributed by atoms with Gasteiger partial charge in [0.25, 0.3) is 0 Å². The van der Waals surface area contributed by atoms with E-state index >= 15 is 0 Å². The van der Waals surface area contributed by atoms with E-state index < -0.39 is 5.79 Å². The summed E-state index contributed by atoms with van der Waals surface area (Å²) in [6.45, 7) is 2.26. The van der Waals surface area contributed by atoms with Crippen molar-refractivity contribution in [3.05, 3.63) is 11.8 Å². The Kier molecular flexibility index (Phi) is 9.76. The van der Waals surface area contributed by atoms with Gasteiger partial charge in [-0.1, -0.05) is 58.3 Å². The minimum Gasteiger partial charge on any atom is -0.496 e. The van der Waals surface area contributed by atoms with E-state index in [-0.39, 0.29) is 6.29 Å². The van der Waals surface area contributed by atoms with E-state index in [0.29, 0.717) is 0 Å². The van der Waals surface area contributed by atoms with Gasteiger partial charge in [-0.2, -0.15) is 0 Å². The van der Waals surface area contributed by atoms with Crippen LogP contribution in [0.25, 0.3) is 0 Å². The maximum Gasteiger partial charge on any atom is 0.229 e. The molecule has 4 heteroatoms. The Hall–Kier alpha value is -0.580. The van der Waals surface area contributed by atoms with Crippen molar-refractivity contribution in [2.24, 2.45) is 0 Å². The molecule has 0 saturated heterocycles. The smallest absolute Gasteiger partial charge is 0.229 e. The molecule has 0 bridgehead atoms. The monoisotopic (exact) mass is 314 g/mol. The van der Waals surface area contributed by atoms with E-state index in [1.54, 1.807) is 21.3 Å². The van der Waals surface area contributed by atoms with Crippen molar-refractivity contribution in [2.75, 3.05) is 21.3 Å². The molecule has 0 spiro atoms. The van der Waals surface area contributed by atoms with Crippen molar-refractivity contribution >= 4 is 0 Å². The van der Waals surface area contributed by atoms with Crippen LogP contribution in [0.15, 0.2) is 11.8 Å². The van der Waals surface area contributed by atoms with Crippen LogP contribution in [0.2, 0.25) is 0 Å². The van der Waals surface area contributed by atoms with Gasteiger partial charge in [-0.3, -0.25) is 0 Å². The van der Waals surface area contributed by atoms with Gasteiger partial charge in [0.05, 0.1) is 7.11 Å². The summed E-state index contributed by atoms with van der Waals surface area (Å²) in [6, 6.07) is 0. The first-order chi connectivity index (χ1) is 10.7. The fourth-order valence-electron chi connectivity index (χ4n) is 2.97. The molecule has 0 aliphatic carbocycles. The number of hydrogen-bond donors (Lipinski definition) is 0. The molecule has 130 valence electrons. The van der Waals surface area contributed by atoms with Gasteiger partial charge < -0.3 is 18.9 Å². The maximum atomic E-state index is 5.86. The topological polar surface area (TPSA) is 36.9 Å². The van der Waals surface area contributed by atoms with E-state index in [1.807, 2.05) is 6.08 Å². The number of unbranched alkanes of at least 4 members (excludes halogenated alkanes) is 8. The van der Waals surface area contributed by atoms with Crippen molar-refractivity contribution in [1.82, 2.24) is 0 Å². The van der Waals surface area contributed by atoms with Crippen LogP contribution >= 0.6 is 0 Å². The van der Waals surface area contributed by atoms with Gasteiger partial charge in [0, 0.05) is 26.7 Å². The summed E-state index contributed by atoms with van der Waals surface area (Å²) in [6.07, 6.45) is 14.0. The lowest BCUT2D eigenvalue weighted by molar-refractivity contribution is -0.260. The Labute approximate surface area is 136 Å². The molecule has 0 N–H and O–H groups in total. The molecular weight excluding hydrogens is 280 g/mol. The first-order valence-electron chi connectivity index (χ1n) is 8.74. The highest BCUT2D eigenvalue weighted by Crippen LogP contribution is 2.37. The van der Waals surface area contributed by atoms with Gasteiger partial charge >= 0.3 is 0 Å². The average Bonchev–Trinajstić information content (AvgIpc) is 2.92. The highest BCUT2D eigenvalue weighted by Gasteiger charge is 2.44. The highest BCUT2D eigenvalue weighted by atomic mass is 16.8. The molecule has 1 aliphatic rings. The second-order valence-corrected chi connectivity index (χ2v) is 5.99. The van der Waals surface area contributed by atoms with Crippen LogP contribution in [0.5, 0.6) is 0 Å². The molecule has 0 aromatic heterocycles. The molecule has 1 aliphatic heterocycles. The lowest BCUT2D eigenvalue weighted by Gasteiger charge is -2.29. The molecule has 2 unspecified atom stereocenters. The van der Waals surface area contributed by atoms with E-state index in [9.17, 15) is 0 Å². The fraction of sp³-hybridized carbons (Fsp3) is 0.889. The van der Waals surface area contributed by atoms with Gasteiger partial charge in [-0.05, 0) is 6.42 Å². The van der Waals surface area contributed by atoms with Gasteiger partial charge in [0.1, 0.15) is 0 Å². The molecule has 1 heterocycles. The van der Waals surface area contributed by atoms with Crippen LogP contribution in [0.1, 0.15) is 71.1 Å². The molecule has 0 aromatic carbocycles. The minimum atomic E-state index is -0.767. The molecule has 0 saturated carbocycles. The van der Waals surface area contributed by atoms with Crippen molar-refractivity contribution in [3.8, 4) is 0 Å². The molecule has 0 radical (unpaired) electrons. The first kappa shape index (κ1) is 19.5. The summed E-state index contributed by atoms with van der Waals surface area (Å²) in [4.78, 5) is 0. The summed E-state index contributed by atoms with van der Waals surface area (Å²) < 4.78 is 22.1. The molecule has 2 atom stereocenters. The van der Waals surface area contributed by atoms with E-state index in [0.717, 1.165) is 18.6 Å². The van der Waals surface area contributed by atoms with Crippen LogP contribution < -0.4 is 0 Å². The van der Waals surface area contributed by atoms with Crippen LogP contribution in [-0.4, -0.2) is 33.4 Å². The summed E-state index contributed by atoms with van der Waals surface area (Å²) in [5.74, 6) is -0.0438. The summed E-state index contributed by atoms with van der Waals surface area (Å²) >= 11 is 0. The number of hydrogen-bond acceptors (Lipinski definition) is 4. The Balaban J connectivity index is 2.20. The third kappa shape index (κ3) is 5.90. The SMILES string of the molecule is CCCCCCCCCCCC1(OC)OC(OC)C=C1OC. The predicted molar refractivity (Wildman–Crippen MR) is 88.6 cm³/mol. The largest absolute Gasteiger partial charge is 0.496 e. The number of methoxy groups -OCH3 is 3. The minimum absolute atomic E-state index is 0.381. The van der Waals surface area contributed by atoms with Crippen molar-refractivity contribution in [3.63, 3.8) is 0 Å². The van der Waals surface area contributed by atoms with Gasteiger partial charge in [-0.15, -0.1) is 0 Å². The van der Waals surface area contributed by atoms with Crippen molar-refractivity contribution < 1.29 is 18.9 Å². The highest BCUT2D eigenvalue weighted by molar-refractivity contribution is 5.13. The van der Waals surface area contributed by atoms with Gasteiger partial charge in [0.2, 0.25) is 5.79 Å². The predicted octanol–water partition coefficient (Wildman–Crippen LogP) is 4.78. The van der Waals surface area contributed by atoms with Crippen molar-refractivity contribution in [1.29, 1.82) is 0 Å².